The van der Waals surface area contributed by atoms with Crippen LogP contribution < -0.4 is 5.32 Å². The predicted octanol–water partition coefficient (Wildman–Crippen LogP) is 0.673. The number of morpholine rings is 1. The minimum absolute atomic E-state index is 0.202. The highest BCUT2D eigenvalue weighted by Crippen LogP contribution is 2.27. The van der Waals surface area contributed by atoms with Crippen molar-refractivity contribution in [1.29, 1.82) is 0 Å². The first kappa shape index (κ1) is 11.5. The quantitative estimate of drug-likeness (QED) is 0.814. The van der Waals surface area contributed by atoms with Crippen LogP contribution in [0.1, 0.15) is 11.6 Å². The van der Waals surface area contributed by atoms with E-state index in [4.69, 9.17) is 4.74 Å². The van der Waals surface area contributed by atoms with Crippen molar-refractivity contribution in [2.24, 2.45) is 0 Å². The number of ether oxygens (including phenoxy) is 1. The molecule has 1 aromatic heterocycles. The normalized spacial score (nSPS) is 26.9. The Morgan fingerprint density at radius 2 is 2.50 bits per heavy atom. The molecule has 1 aliphatic heterocycles. The molecule has 0 amide bonds. The lowest BCUT2D eigenvalue weighted by molar-refractivity contribution is -0.0607. The standard InChI is InChI=1S/C12H19N3O/c1-13-9-11-12(15(2)6-7-16-11)10-4-3-5-14-8-10/h3-5,8,11-13H,6-7,9H2,1-2H3. The van der Waals surface area contributed by atoms with Crippen molar-refractivity contribution in [3.63, 3.8) is 0 Å². The molecule has 4 nitrogen and oxygen atoms in total. The van der Waals surface area contributed by atoms with Gasteiger partial charge in [0.2, 0.25) is 0 Å². The van der Waals surface area contributed by atoms with Gasteiger partial charge in [-0.2, -0.15) is 0 Å². The van der Waals surface area contributed by atoms with E-state index in [0.29, 0.717) is 6.04 Å². The Morgan fingerprint density at radius 1 is 1.62 bits per heavy atom. The van der Waals surface area contributed by atoms with Crippen LogP contribution in [0.2, 0.25) is 0 Å². The van der Waals surface area contributed by atoms with Gasteiger partial charge in [0.1, 0.15) is 0 Å². The molecular formula is C12H19N3O. The second kappa shape index (κ2) is 5.39. The molecule has 0 spiro atoms. The Labute approximate surface area is 96.6 Å². The molecule has 2 rings (SSSR count). The van der Waals surface area contributed by atoms with Crippen LogP contribution in [0.4, 0.5) is 0 Å². The van der Waals surface area contributed by atoms with E-state index >= 15 is 0 Å². The molecule has 1 fully saturated rings. The van der Waals surface area contributed by atoms with Crippen molar-refractivity contribution in [1.82, 2.24) is 15.2 Å². The highest BCUT2D eigenvalue weighted by atomic mass is 16.5. The van der Waals surface area contributed by atoms with Gasteiger partial charge in [-0.15, -0.1) is 0 Å². The lowest BCUT2D eigenvalue weighted by atomic mass is 10.00. The van der Waals surface area contributed by atoms with Crippen LogP contribution in [-0.2, 0) is 4.74 Å². The summed E-state index contributed by atoms with van der Waals surface area (Å²) in [5.74, 6) is 0. The van der Waals surface area contributed by atoms with Crippen molar-refractivity contribution >= 4 is 0 Å². The molecular weight excluding hydrogens is 202 g/mol. The van der Waals surface area contributed by atoms with E-state index < -0.39 is 0 Å². The van der Waals surface area contributed by atoms with Crippen LogP contribution in [0.15, 0.2) is 24.5 Å². The number of hydrogen-bond acceptors (Lipinski definition) is 4. The predicted molar refractivity (Wildman–Crippen MR) is 63.3 cm³/mol. The van der Waals surface area contributed by atoms with Gasteiger partial charge in [-0.25, -0.2) is 0 Å². The van der Waals surface area contributed by atoms with E-state index in [1.807, 2.05) is 19.3 Å². The third kappa shape index (κ3) is 2.40. The van der Waals surface area contributed by atoms with Crippen LogP contribution in [0.3, 0.4) is 0 Å². The lowest BCUT2D eigenvalue weighted by Gasteiger charge is -2.39. The van der Waals surface area contributed by atoms with Crippen molar-refractivity contribution < 1.29 is 4.74 Å². The molecule has 1 aliphatic rings. The third-order valence-electron chi connectivity index (χ3n) is 3.03. The van der Waals surface area contributed by atoms with Crippen molar-refractivity contribution in [2.45, 2.75) is 12.1 Å². The van der Waals surface area contributed by atoms with Crippen LogP contribution >= 0.6 is 0 Å². The van der Waals surface area contributed by atoms with Crippen LogP contribution in [0, 0.1) is 0 Å². The molecule has 2 atom stereocenters. The van der Waals surface area contributed by atoms with E-state index in [0.717, 1.165) is 19.7 Å². The largest absolute Gasteiger partial charge is 0.374 e. The van der Waals surface area contributed by atoms with Gasteiger partial charge < -0.3 is 10.1 Å². The van der Waals surface area contributed by atoms with E-state index in [1.165, 1.54) is 5.56 Å². The minimum Gasteiger partial charge on any atom is -0.374 e. The second-order valence-corrected chi connectivity index (χ2v) is 4.18. The summed E-state index contributed by atoms with van der Waals surface area (Å²) >= 11 is 0. The number of hydrogen-bond donors (Lipinski definition) is 1. The molecule has 0 radical (unpaired) electrons. The molecule has 0 aliphatic carbocycles. The molecule has 2 heterocycles. The summed E-state index contributed by atoms with van der Waals surface area (Å²) in [6.45, 7) is 2.64. The molecule has 1 N–H and O–H groups in total. The highest BCUT2D eigenvalue weighted by molar-refractivity contribution is 5.16. The molecule has 2 unspecified atom stereocenters. The van der Waals surface area contributed by atoms with Gasteiger partial charge in [0.05, 0.1) is 18.8 Å². The van der Waals surface area contributed by atoms with E-state index in [1.54, 1.807) is 6.20 Å². The first-order valence-electron chi connectivity index (χ1n) is 5.69. The van der Waals surface area contributed by atoms with Gasteiger partial charge in [-0.1, -0.05) is 6.07 Å². The topological polar surface area (TPSA) is 37.4 Å². The molecule has 16 heavy (non-hydrogen) atoms. The van der Waals surface area contributed by atoms with Gasteiger partial charge >= 0.3 is 0 Å². The van der Waals surface area contributed by atoms with Crippen molar-refractivity contribution in [2.75, 3.05) is 33.8 Å². The maximum absolute atomic E-state index is 5.82. The van der Waals surface area contributed by atoms with Crippen LogP contribution in [0.5, 0.6) is 0 Å². The zero-order chi connectivity index (χ0) is 11.4. The summed E-state index contributed by atoms with van der Waals surface area (Å²) in [6, 6.07) is 4.40. The van der Waals surface area contributed by atoms with Gasteiger partial charge in [-0.05, 0) is 25.7 Å². The summed E-state index contributed by atoms with van der Waals surface area (Å²) in [6.07, 6.45) is 3.94. The Morgan fingerprint density at radius 3 is 3.19 bits per heavy atom. The average molecular weight is 221 g/mol. The van der Waals surface area contributed by atoms with Gasteiger partial charge in [0, 0.05) is 25.5 Å². The molecule has 0 aromatic carbocycles. The number of nitrogens with zero attached hydrogens (tertiary/aromatic N) is 2. The first-order valence-corrected chi connectivity index (χ1v) is 5.69. The smallest absolute Gasteiger partial charge is 0.0896 e. The molecule has 1 saturated heterocycles. The van der Waals surface area contributed by atoms with Gasteiger partial charge in [0.25, 0.3) is 0 Å². The maximum Gasteiger partial charge on any atom is 0.0896 e. The summed E-state index contributed by atoms with van der Waals surface area (Å²) < 4.78 is 5.82. The maximum atomic E-state index is 5.82. The van der Waals surface area contributed by atoms with Gasteiger partial charge in [-0.3, -0.25) is 9.88 Å². The molecule has 88 valence electrons. The first-order chi connectivity index (χ1) is 7.83. The van der Waals surface area contributed by atoms with Crippen LogP contribution in [-0.4, -0.2) is 49.8 Å². The zero-order valence-corrected chi connectivity index (χ0v) is 9.89. The summed E-state index contributed by atoms with van der Waals surface area (Å²) in [4.78, 5) is 6.52. The van der Waals surface area contributed by atoms with E-state index in [2.05, 4.69) is 28.3 Å². The number of nitrogens with one attached hydrogen (secondary N) is 1. The molecule has 1 aromatic rings. The minimum atomic E-state index is 0.202. The fraction of sp³-hybridized carbons (Fsp3) is 0.583. The van der Waals surface area contributed by atoms with Crippen molar-refractivity contribution in [3.8, 4) is 0 Å². The molecule has 4 heteroatoms. The number of pyridine rings is 1. The van der Waals surface area contributed by atoms with E-state index in [-0.39, 0.29) is 6.10 Å². The summed E-state index contributed by atoms with van der Waals surface area (Å²) in [5, 5.41) is 3.19. The zero-order valence-electron chi connectivity index (χ0n) is 9.89. The SMILES string of the molecule is CNCC1OCCN(C)C1c1cccnc1. The third-order valence-corrected chi connectivity index (χ3v) is 3.03. The molecule has 0 saturated carbocycles. The fourth-order valence-corrected chi connectivity index (χ4v) is 2.25. The fourth-order valence-electron chi connectivity index (χ4n) is 2.25. The Kier molecular flexibility index (Phi) is 3.88. The number of aromatic nitrogens is 1. The Balaban J connectivity index is 2.19. The second-order valence-electron chi connectivity index (χ2n) is 4.18. The summed E-state index contributed by atoms with van der Waals surface area (Å²) in [7, 11) is 4.10. The van der Waals surface area contributed by atoms with Crippen molar-refractivity contribution in [3.05, 3.63) is 30.1 Å². The highest BCUT2D eigenvalue weighted by Gasteiger charge is 2.30. The average Bonchev–Trinajstić information content (AvgIpc) is 2.31. The van der Waals surface area contributed by atoms with Gasteiger partial charge in [0.15, 0.2) is 0 Å². The van der Waals surface area contributed by atoms with Crippen LogP contribution in [0.25, 0.3) is 0 Å². The number of likely N-dealkylation sites (N-methyl/N-ethyl adjacent to an activating group) is 2. The Bertz CT molecular complexity index is 315. The monoisotopic (exact) mass is 221 g/mol. The molecule has 0 bridgehead atoms. The number of rotatable bonds is 3. The Hall–Kier alpha value is -0.970. The lowest BCUT2D eigenvalue weighted by Crippen LogP contribution is -2.47. The van der Waals surface area contributed by atoms with E-state index in [9.17, 15) is 0 Å². The summed E-state index contributed by atoms with van der Waals surface area (Å²) in [5.41, 5.74) is 1.23.